The van der Waals surface area contributed by atoms with E-state index in [9.17, 15) is 13.2 Å². The summed E-state index contributed by atoms with van der Waals surface area (Å²) < 4.78 is 26.6. The highest BCUT2D eigenvalue weighted by atomic mass is 35.5. The summed E-state index contributed by atoms with van der Waals surface area (Å²) in [5.74, 6) is -1.03. The van der Waals surface area contributed by atoms with Gasteiger partial charge in [-0.1, -0.05) is 11.6 Å². The molecule has 0 bridgehead atoms. The van der Waals surface area contributed by atoms with Crippen LogP contribution in [0.3, 0.4) is 0 Å². The van der Waals surface area contributed by atoms with Gasteiger partial charge in [0.2, 0.25) is 10.9 Å². The van der Waals surface area contributed by atoms with Crippen molar-refractivity contribution in [3.63, 3.8) is 0 Å². The van der Waals surface area contributed by atoms with Gasteiger partial charge in [0.15, 0.2) is 0 Å². The quantitative estimate of drug-likeness (QED) is 0.587. The summed E-state index contributed by atoms with van der Waals surface area (Å²) in [5.41, 5.74) is 4.77. The Morgan fingerprint density at radius 3 is 2.76 bits per heavy atom. The number of hydrogen-bond acceptors (Lipinski definition) is 5. The van der Waals surface area contributed by atoms with Crippen LogP contribution in [0.15, 0.2) is 11.4 Å². The number of aliphatic hydroxyl groups excluding tert-OH is 1. The van der Waals surface area contributed by atoms with Gasteiger partial charge in [0.25, 0.3) is 10.0 Å². The van der Waals surface area contributed by atoms with E-state index in [0.29, 0.717) is 0 Å². The molecule has 1 unspecified atom stereocenters. The van der Waals surface area contributed by atoms with Crippen LogP contribution in [-0.4, -0.2) is 41.6 Å². The van der Waals surface area contributed by atoms with E-state index >= 15 is 0 Å². The predicted molar refractivity (Wildman–Crippen MR) is 58.6 cm³/mol. The highest BCUT2D eigenvalue weighted by molar-refractivity contribution is 7.89. The van der Waals surface area contributed by atoms with E-state index in [1.54, 1.807) is 0 Å². The summed E-state index contributed by atoms with van der Waals surface area (Å²) in [6, 6.07) is 0. The Bertz CT molecular complexity index is 526. The molecule has 1 aromatic heterocycles. The molecular weight excluding hydrogens is 272 g/mol. The number of aliphatic hydroxyl groups is 1. The third kappa shape index (κ3) is 3.16. The molecule has 1 aromatic rings. The maximum absolute atomic E-state index is 11.7. The fourth-order valence-electron chi connectivity index (χ4n) is 0.932. The van der Waals surface area contributed by atoms with Gasteiger partial charge in [0.05, 0.1) is 6.33 Å². The zero-order chi connectivity index (χ0) is 13.2. The van der Waals surface area contributed by atoms with Crippen LogP contribution in [-0.2, 0) is 21.9 Å². The van der Waals surface area contributed by atoms with Crippen molar-refractivity contribution in [3.05, 3.63) is 11.5 Å². The first-order valence-electron chi connectivity index (χ1n) is 4.39. The number of carbonyl (C=O) groups is 1. The van der Waals surface area contributed by atoms with E-state index < -0.39 is 28.6 Å². The Morgan fingerprint density at radius 2 is 2.35 bits per heavy atom. The number of halogens is 1. The number of carbonyl (C=O) groups excluding carboxylic acids is 1. The minimum Gasteiger partial charge on any atom is -0.382 e. The number of nitrogens with one attached hydrogen (secondary N) is 1. The monoisotopic (exact) mass is 282 g/mol. The second-order valence-corrected chi connectivity index (χ2v) is 5.26. The largest absolute Gasteiger partial charge is 0.382 e. The maximum Gasteiger partial charge on any atom is 0.261 e. The van der Waals surface area contributed by atoms with Gasteiger partial charge in [-0.2, -0.15) is 0 Å². The minimum atomic E-state index is -3.98. The molecule has 0 aromatic carbocycles. The second-order valence-electron chi connectivity index (χ2n) is 3.22. The summed E-state index contributed by atoms with van der Waals surface area (Å²) >= 11 is 5.70. The highest BCUT2D eigenvalue weighted by Crippen LogP contribution is 2.17. The summed E-state index contributed by atoms with van der Waals surface area (Å²) in [5, 5.41) is 8.60. The van der Waals surface area contributed by atoms with Crippen LogP contribution in [0.5, 0.6) is 0 Å². The molecule has 1 amide bonds. The summed E-state index contributed by atoms with van der Waals surface area (Å²) in [6.45, 7) is -0.537. The van der Waals surface area contributed by atoms with Crippen molar-refractivity contribution in [2.45, 2.75) is 11.1 Å². The smallest absolute Gasteiger partial charge is 0.261 e. The molecule has 0 aliphatic carbocycles. The van der Waals surface area contributed by atoms with E-state index in [4.69, 9.17) is 22.4 Å². The Morgan fingerprint density at radius 1 is 1.76 bits per heavy atom. The van der Waals surface area contributed by atoms with Gasteiger partial charge >= 0.3 is 0 Å². The number of hydrogen-bond donors (Lipinski definition) is 3. The normalized spacial score (nSPS) is 13.6. The molecule has 0 fully saturated rings. The Hall–Kier alpha value is -1.16. The van der Waals surface area contributed by atoms with Gasteiger partial charge in [0.1, 0.15) is 11.3 Å². The molecule has 4 N–H and O–H groups in total. The number of aryl methyl sites for hydroxylation is 1. The number of aromatic nitrogens is 2. The van der Waals surface area contributed by atoms with Gasteiger partial charge < -0.3 is 15.4 Å². The second kappa shape index (κ2) is 5.00. The summed E-state index contributed by atoms with van der Waals surface area (Å²) in [7, 11) is -2.46. The third-order valence-electron chi connectivity index (χ3n) is 1.88. The first-order chi connectivity index (χ1) is 7.75. The van der Waals surface area contributed by atoms with Crippen LogP contribution in [0.4, 0.5) is 0 Å². The number of imidazole rings is 1. The summed E-state index contributed by atoms with van der Waals surface area (Å²) in [6.07, 6.45) is -0.381. The fraction of sp³-hybridized carbons (Fsp3) is 0.429. The van der Waals surface area contributed by atoms with Crippen molar-refractivity contribution in [3.8, 4) is 0 Å². The van der Waals surface area contributed by atoms with Crippen molar-refractivity contribution < 1.29 is 18.3 Å². The average molecular weight is 283 g/mol. The third-order valence-corrected chi connectivity index (χ3v) is 3.80. The van der Waals surface area contributed by atoms with Crippen molar-refractivity contribution in [2.24, 2.45) is 12.8 Å². The van der Waals surface area contributed by atoms with Crippen LogP contribution in [0.2, 0.25) is 5.15 Å². The maximum atomic E-state index is 11.7. The molecular formula is C7H11ClN4O4S. The molecule has 0 aliphatic rings. The van der Waals surface area contributed by atoms with E-state index in [1.807, 2.05) is 4.72 Å². The number of nitrogens with zero attached hydrogens (tertiary/aromatic N) is 2. The number of primary amides is 1. The van der Waals surface area contributed by atoms with Crippen LogP contribution < -0.4 is 10.5 Å². The zero-order valence-corrected chi connectivity index (χ0v) is 10.4. The molecule has 0 saturated heterocycles. The molecule has 1 rings (SSSR count). The Kier molecular flexibility index (Phi) is 4.09. The van der Waals surface area contributed by atoms with Crippen molar-refractivity contribution in [1.29, 1.82) is 0 Å². The molecule has 0 spiro atoms. The molecule has 8 nitrogen and oxygen atoms in total. The van der Waals surface area contributed by atoms with E-state index in [2.05, 4.69) is 4.98 Å². The molecule has 10 heteroatoms. The lowest BCUT2D eigenvalue weighted by Crippen LogP contribution is -2.40. The predicted octanol–water partition coefficient (Wildman–Crippen LogP) is -1.80. The molecule has 1 heterocycles. The van der Waals surface area contributed by atoms with Gasteiger partial charge in [-0.05, 0) is 0 Å². The van der Waals surface area contributed by atoms with Crippen LogP contribution >= 0.6 is 11.6 Å². The molecule has 1 atom stereocenters. The Labute approximate surface area is 102 Å². The minimum absolute atomic E-state index is 0.0777. The first kappa shape index (κ1) is 13.9. The van der Waals surface area contributed by atoms with E-state index in [0.717, 1.165) is 0 Å². The molecule has 0 aliphatic heterocycles. The lowest BCUT2D eigenvalue weighted by atomic mass is 10.3. The number of rotatable bonds is 5. The number of amides is 1. The highest BCUT2D eigenvalue weighted by Gasteiger charge is 2.24. The van der Waals surface area contributed by atoms with Crippen LogP contribution in [0, 0.1) is 0 Å². The fourth-order valence-corrected chi connectivity index (χ4v) is 2.39. The number of sulfonamides is 1. The molecule has 0 saturated carbocycles. The Balaban J connectivity index is 2.83. The molecule has 0 radical (unpaired) electrons. The zero-order valence-electron chi connectivity index (χ0n) is 8.79. The topological polar surface area (TPSA) is 127 Å². The van der Waals surface area contributed by atoms with Gasteiger partial charge in [-0.3, -0.25) is 4.79 Å². The lowest BCUT2D eigenvalue weighted by molar-refractivity contribution is -0.125. The van der Waals surface area contributed by atoms with Crippen molar-refractivity contribution in [2.75, 3.05) is 6.54 Å². The van der Waals surface area contributed by atoms with E-state index in [1.165, 1.54) is 17.9 Å². The average Bonchev–Trinajstić information content (AvgIpc) is 2.56. The van der Waals surface area contributed by atoms with Gasteiger partial charge in [-0.15, -0.1) is 0 Å². The van der Waals surface area contributed by atoms with E-state index in [-0.39, 0.29) is 10.2 Å². The van der Waals surface area contributed by atoms with Crippen LogP contribution in [0.25, 0.3) is 0 Å². The van der Waals surface area contributed by atoms with Gasteiger partial charge in [-0.25, -0.2) is 18.1 Å². The standard InChI is InChI=1S/C7H11ClN4O4S/c1-12-3-10-7(5(12)8)17(15,16)11-2-4(13)6(9)14/h3-4,11,13H,2H2,1H3,(H2,9,14). The summed E-state index contributed by atoms with van der Waals surface area (Å²) in [4.78, 5) is 14.1. The molecule has 96 valence electrons. The lowest BCUT2D eigenvalue weighted by Gasteiger charge is -2.07. The van der Waals surface area contributed by atoms with Crippen molar-refractivity contribution >= 4 is 27.5 Å². The molecule has 17 heavy (non-hydrogen) atoms. The SMILES string of the molecule is Cn1cnc(S(=O)(=O)NCC(O)C(N)=O)c1Cl. The van der Waals surface area contributed by atoms with Gasteiger partial charge in [0, 0.05) is 13.6 Å². The van der Waals surface area contributed by atoms with Crippen molar-refractivity contribution in [1.82, 2.24) is 14.3 Å². The number of nitrogens with two attached hydrogens (primary N) is 1. The van der Waals surface area contributed by atoms with Crippen LogP contribution in [0.1, 0.15) is 0 Å². The first-order valence-corrected chi connectivity index (χ1v) is 6.25.